The predicted molar refractivity (Wildman–Crippen MR) is 89.5 cm³/mol. The molecule has 0 bridgehead atoms. The average molecular weight is 264 g/mol. The molecule has 20 heavy (non-hydrogen) atoms. The summed E-state index contributed by atoms with van der Waals surface area (Å²) in [6.45, 7) is 4.52. The highest BCUT2D eigenvalue weighted by molar-refractivity contribution is 5.90. The third kappa shape index (κ3) is 3.60. The van der Waals surface area contributed by atoms with Gasteiger partial charge in [-0.25, -0.2) is 0 Å². The van der Waals surface area contributed by atoms with E-state index in [1.165, 1.54) is 35.1 Å². The van der Waals surface area contributed by atoms with E-state index in [1.807, 2.05) is 0 Å². The van der Waals surface area contributed by atoms with Crippen LogP contribution in [0.25, 0.3) is 11.1 Å². The molecule has 104 valence electrons. The molecule has 0 heterocycles. The van der Waals surface area contributed by atoms with Crippen molar-refractivity contribution < 1.29 is 0 Å². The molecule has 0 atom stereocenters. The van der Waals surface area contributed by atoms with Gasteiger partial charge in [0.15, 0.2) is 0 Å². The maximum atomic E-state index is 2.26. The van der Waals surface area contributed by atoms with E-state index in [1.54, 1.807) is 0 Å². The summed E-state index contributed by atoms with van der Waals surface area (Å²) >= 11 is 0. The lowest BCUT2D eigenvalue weighted by molar-refractivity contribution is 0.945. The van der Waals surface area contributed by atoms with Gasteiger partial charge in [0.25, 0.3) is 0 Å². The highest BCUT2D eigenvalue weighted by atomic mass is 14.1. The molecule has 0 unspecified atom stereocenters. The monoisotopic (exact) mass is 264 g/mol. The van der Waals surface area contributed by atoms with Gasteiger partial charge in [-0.3, -0.25) is 0 Å². The van der Waals surface area contributed by atoms with E-state index in [4.69, 9.17) is 0 Å². The van der Waals surface area contributed by atoms with Gasteiger partial charge in [0.05, 0.1) is 0 Å². The van der Waals surface area contributed by atoms with Gasteiger partial charge in [0.1, 0.15) is 0 Å². The van der Waals surface area contributed by atoms with Crippen molar-refractivity contribution >= 4 is 11.1 Å². The summed E-state index contributed by atoms with van der Waals surface area (Å²) in [4.78, 5) is 0. The summed E-state index contributed by atoms with van der Waals surface area (Å²) in [7, 11) is 0. The van der Waals surface area contributed by atoms with Gasteiger partial charge in [-0.15, -0.1) is 0 Å². The van der Waals surface area contributed by atoms with Crippen LogP contribution in [-0.4, -0.2) is 0 Å². The lowest BCUT2D eigenvalue weighted by atomic mass is 9.89. The van der Waals surface area contributed by atoms with Gasteiger partial charge in [0.2, 0.25) is 0 Å². The number of allylic oxidation sites excluding steroid dienone is 2. The summed E-state index contributed by atoms with van der Waals surface area (Å²) in [6, 6.07) is 21.7. The standard InChI is InChI=1S/C20H24/c1-3-11-19(17-13-7-5-8-14-17)20(12-4-2)18-15-9-6-10-16-18/h5-10,13-16H,3-4,11-12H2,1-2H3. The van der Waals surface area contributed by atoms with E-state index in [0.29, 0.717) is 0 Å². The molecule has 0 aromatic heterocycles. The van der Waals surface area contributed by atoms with E-state index in [2.05, 4.69) is 74.5 Å². The van der Waals surface area contributed by atoms with Gasteiger partial charge < -0.3 is 0 Å². The largest absolute Gasteiger partial charge is 0.0651 e. The summed E-state index contributed by atoms with van der Waals surface area (Å²) in [5.41, 5.74) is 5.78. The molecule has 0 aliphatic carbocycles. The molecular formula is C20H24. The fraction of sp³-hybridized carbons (Fsp3) is 0.300. The Kier molecular flexibility index (Phi) is 5.61. The molecule has 2 aromatic carbocycles. The Morgan fingerprint density at radius 1 is 0.600 bits per heavy atom. The Morgan fingerprint density at radius 3 is 1.25 bits per heavy atom. The Balaban J connectivity index is 2.54. The Bertz CT molecular complexity index is 483. The van der Waals surface area contributed by atoms with Crippen molar-refractivity contribution in [3.8, 4) is 0 Å². The zero-order valence-corrected chi connectivity index (χ0v) is 12.6. The first kappa shape index (κ1) is 14.6. The first-order valence-electron chi connectivity index (χ1n) is 7.69. The normalized spacial score (nSPS) is 12.1. The number of rotatable bonds is 6. The minimum absolute atomic E-state index is 1.15. The van der Waals surface area contributed by atoms with Crippen LogP contribution >= 0.6 is 0 Å². The fourth-order valence-electron chi connectivity index (χ4n) is 2.72. The Hall–Kier alpha value is -1.82. The maximum Gasteiger partial charge on any atom is -0.0222 e. The second kappa shape index (κ2) is 7.69. The van der Waals surface area contributed by atoms with E-state index >= 15 is 0 Å². The Labute approximate surface area is 123 Å². The van der Waals surface area contributed by atoms with Crippen LogP contribution in [0.15, 0.2) is 60.7 Å². The second-order valence-corrected chi connectivity index (χ2v) is 5.19. The van der Waals surface area contributed by atoms with Crippen LogP contribution in [-0.2, 0) is 0 Å². The lowest BCUT2D eigenvalue weighted by Crippen LogP contribution is -1.93. The molecule has 0 saturated carbocycles. The van der Waals surface area contributed by atoms with Crippen LogP contribution in [0.1, 0.15) is 50.7 Å². The van der Waals surface area contributed by atoms with E-state index < -0.39 is 0 Å². The molecule has 0 aliphatic rings. The zero-order valence-electron chi connectivity index (χ0n) is 12.6. The van der Waals surface area contributed by atoms with Crippen molar-refractivity contribution in [3.05, 3.63) is 71.8 Å². The van der Waals surface area contributed by atoms with Crippen LogP contribution < -0.4 is 0 Å². The molecule has 0 radical (unpaired) electrons. The molecule has 0 spiro atoms. The summed E-state index contributed by atoms with van der Waals surface area (Å²) in [5.74, 6) is 0. The maximum absolute atomic E-state index is 2.26. The minimum atomic E-state index is 1.15. The molecule has 0 fully saturated rings. The molecule has 0 N–H and O–H groups in total. The van der Waals surface area contributed by atoms with Crippen molar-refractivity contribution in [3.63, 3.8) is 0 Å². The molecule has 2 aromatic rings. The smallest absolute Gasteiger partial charge is 0.0222 e. The quantitative estimate of drug-likeness (QED) is 0.545. The average Bonchev–Trinajstić information content (AvgIpc) is 2.52. The van der Waals surface area contributed by atoms with Crippen molar-refractivity contribution in [2.75, 3.05) is 0 Å². The van der Waals surface area contributed by atoms with Gasteiger partial charge >= 0.3 is 0 Å². The molecule has 0 saturated heterocycles. The highest BCUT2D eigenvalue weighted by Crippen LogP contribution is 2.32. The third-order valence-corrected chi connectivity index (χ3v) is 3.61. The van der Waals surface area contributed by atoms with E-state index in [-0.39, 0.29) is 0 Å². The molecule has 0 nitrogen and oxygen atoms in total. The lowest BCUT2D eigenvalue weighted by Gasteiger charge is -2.16. The molecule has 0 heteroatoms. The first-order valence-corrected chi connectivity index (χ1v) is 7.69. The van der Waals surface area contributed by atoms with Crippen molar-refractivity contribution in [1.82, 2.24) is 0 Å². The summed E-state index contributed by atoms with van der Waals surface area (Å²) < 4.78 is 0. The van der Waals surface area contributed by atoms with Gasteiger partial charge in [-0.1, -0.05) is 87.4 Å². The Morgan fingerprint density at radius 2 is 0.950 bits per heavy atom. The van der Waals surface area contributed by atoms with Gasteiger partial charge in [0, 0.05) is 0 Å². The SMILES string of the molecule is CCCC(=C(CCC)c1ccccc1)c1ccccc1. The minimum Gasteiger partial charge on any atom is -0.0651 e. The number of hydrogen-bond donors (Lipinski definition) is 0. The summed E-state index contributed by atoms with van der Waals surface area (Å²) in [6.07, 6.45) is 4.66. The van der Waals surface area contributed by atoms with Crippen LogP contribution in [0.3, 0.4) is 0 Å². The van der Waals surface area contributed by atoms with E-state index in [9.17, 15) is 0 Å². The van der Waals surface area contributed by atoms with Crippen LogP contribution in [0, 0.1) is 0 Å². The van der Waals surface area contributed by atoms with Crippen LogP contribution in [0.2, 0.25) is 0 Å². The van der Waals surface area contributed by atoms with E-state index in [0.717, 1.165) is 12.8 Å². The second-order valence-electron chi connectivity index (χ2n) is 5.19. The molecule has 2 rings (SSSR count). The molecule has 0 aliphatic heterocycles. The highest BCUT2D eigenvalue weighted by Gasteiger charge is 2.10. The topological polar surface area (TPSA) is 0 Å². The summed E-state index contributed by atoms with van der Waals surface area (Å²) in [5, 5.41) is 0. The van der Waals surface area contributed by atoms with Crippen molar-refractivity contribution in [2.45, 2.75) is 39.5 Å². The molecular weight excluding hydrogens is 240 g/mol. The van der Waals surface area contributed by atoms with Crippen molar-refractivity contribution in [2.24, 2.45) is 0 Å². The third-order valence-electron chi connectivity index (χ3n) is 3.61. The first-order chi connectivity index (χ1) is 9.86. The number of hydrogen-bond acceptors (Lipinski definition) is 0. The fourth-order valence-corrected chi connectivity index (χ4v) is 2.72. The zero-order chi connectivity index (χ0) is 14.2. The van der Waals surface area contributed by atoms with Gasteiger partial charge in [-0.05, 0) is 35.1 Å². The predicted octanol–water partition coefficient (Wildman–Crippen LogP) is 6.20. The van der Waals surface area contributed by atoms with Gasteiger partial charge in [-0.2, -0.15) is 0 Å². The van der Waals surface area contributed by atoms with Crippen LogP contribution in [0.5, 0.6) is 0 Å². The van der Waals surface area contributed by atoms with Crippen molar-refractivity contribution in [1.29, 1.82) is 0 Å². The van der Waals surface area contributed by atoms with Crippen LogP contribution in [0.4, 0.5) is 0 Å². The number of benzene rings is 2. The molecule has 0 amide bonds.